The summed E-state index contributed by atoms with van der Waals surface area (Å²) >= 11 is 5.06. The van der Waals surface area contributed by atoms with Crippen molar-refractivity contribution in [2.45, 2.75) is 13.1 Å². The van der Waals surface area contributed by atoms with Gasteiger partial charge in [0, 0.05) is 24.3 Å². The van der Waals surface area contributed by atoms with E-state index in [0.29, 0.717) is 22.8 Å². The van der Waals surface area contributed by atoms with Gasteiger partial charge in [-0.2, -0.15) is 0 Å². The number of anilines is 2. The molecule has 0 fully saturated rings. The molecule has 6 heteroatoms. The second kappa shape index (κ2) is 4.47. The van der Waals surface area contributed by atoms with Gasteiger partial charge in [0.15, 0.2) is 4.77 Å². The molecule has 0 atom stereocenters. The predicted octanol–water partition coefficient (Wildman–Crippen LogP) is 2.63. The molecule has 2 heterocycles. The third-order valence-corrected chi connectivity index (χ3v) is 3.05. The lowest BCUT2D eigenvalue weighted by Gasteiger charge is -2.10. The highest BCUT2D eigenvalue weighted by atomic mass is 32.1. The van der Waals surface area contributed by atoms with Crippen LogP contribution in [0.25, 0.3) is 0 Å². The average Bonchev–Trinajstić information content (AvgIpc) is 2.80. The first kappa shape index (κ1) is 11.3. The molecule has 0 radical (unpaired) electrons. The number of nitrogens with zero attached hydrogens (tertiary/aromatic N) is 1. The van der Waals surface area contributed by atoms with E-state index in [0.717, 1.165) is 17.8 Å². The van der Waals surface area contributed by atoms with Crippen LogP contribution in [0.1, 0.15) is 11.3 Å². The van der Waals surface area contributed by atoms with Gasteiger partial charge < -0.3 is 15.6 Å². The largest absolute Gasteiger partial charge is 0.337 e. The number of fused-ring (bicyclic) bond motifs is 1. The molecule has 0 unspecified atom stereocenters. The Balaban J connectivity index is 2.04. The van der Waals surface area contributed by atoms with Crippen LogP contribution in [0.15, 0.2) is 24.3 Å². The van der Waals surface area contributed by atoms with Gasteiger partial charge in [0.25, 0.3) is 0 Å². The molecule has 92 valence electrons. The van der Waals surface area contributed by atoms with Crippen molar-refractivity contribution in [3.63, 3.8) is 0 Å². The number of para-hydroxylation sites is 1. The molecule has 3 rings (SSSR count). The molecule has 3 N–H and O–H groups in total. The molecule has 1 aliphatic rings. The van der Waals surface area contributed by atoms with Gasteiger partial charge in [0.2, 0.25) is 0 Å². The Hall–Kier alpha value is -1.79. The molecule has 1 aliphatic heterocycles. The van der Waals surface area contributed by atoms with Crippen molar-refractivity contribution in [1.29, 1.82) is 0 Å². The number of nitrogens with one attached hydrogen (secondary N) is 3. The highest BCUT2D eigenvalue weighted by Gasteiger charge is 2.17. The second-order valence-corrected chi connectivity index (χ2v) is 4.44. The highest BCUT2D eigenvalue weighted by Crippen LogP contribution is 2.25. The predicted molar refractivity (Wildman–Crippen MR) is 69.6 cm³/mol. The first-order valence-electron chi connectivity index (χ1n) is 5.58. The maximum atomic E-state index is 13.6. The fraction of sp³-hybridized carbons (Fsp3) is 0.167. The van der Waals surface area contributed by atoms with Crippen LogP contribution in [0.5, 0.6) is 0 Å². The fourth-order valence-corrected chi connectivity index (χ4v) is 2.21. The quantitative estimate of drug-likeness (QED) is 0.728. The summed E-state index contributed by atoms with van der Waals surface area (Å²) in [6, 6.07) is 6.50. The minimum absolute atomic E-state index is 0.308. The van der Waals surface area contributed by atoms with Gasteiger partial charge in [-0.3, -0.25) is 0 Å². The van der Waals surface area contributed by atoms with Crippen LogP contribution < -0.4 is 10.6 Å². The van der Waals surface area contributed by atoms with Gasteiger partial charge in [-0.1, -0.05) is 12.1 Å². The smallest absolute Gasteiger partial charge is 0.199 e. The number of H-pyrrole nitrogens is 1. The van der Waals surface area contributed by atoms with Gasteiger partial charge in [0.05, 0.1) is 5.69 Å². The maximum Gasteiger partial charge on any atom is 0.199 e. The Morgan fingerprint density at radius 3 is 2.94 bits per heavy atom. The topological polar surface area (TPSA) is 52.7 Å². The van der Waals surface area contributed by atoms with E-state index in [1.165, 1.54) is 6.07 Å². The summed E-state index contributed by atoms with van der Waals surface area (Å²) in [6.07, 6.45) is 0. The Bertz CT molecular complexity index is 653. The Kier molecular flexibility index (Phi) is 2.81. The zero-order valence-corrected chi connectivity index (χ0v) is 10.3. The van der Waals surface area contributed by atoms with E-state index in [4.69, 9.17) is 12.2 Å². The summed E-state index contributed by atoms with van der Waals surface area (Å²) in [4.78, 5) is 7.26. The zero-order valence-electron chi connectivity index (χ0n) is 9.46. The molecule has 0 saturated carbocycles. The number of rotatable bonds is 2. The number of hydrogen-bond acceptors (Lipinski definition) is 4. The molecule has 0 bridgehead atoms. The van der Waals surface area contributed by atoms with E-state index in [9.17, 15) is 4.39 Å². The molecule has 0 saturated heterocycles. The number of benzene rings is 1. The van der Waals surface area contributed by atoms with E-state index >= 15 is 0 Å². The first-order chi connectivity index (χ1) is 8.74. The fourth-order valence-electron chi connectivity index (χ4n) is 1.99. The van der Waals surface area contributed by atoms with Crippen LogP contribution in [0.2, 0.25) is 0 Å². The summed E-state index contributed by atoms with van der Waals surface area (Å²) in [5.74, 6) is 0.307. The van der Waals surface area contributed by atoms with Crippen molar-refractivity contribution in [2.24, 2.45) is 0 Å². The molecule has 18 heavy (non-hydrogen) atoms. The Morgan fingerprint density at radius 1 is 1.28 bits per heavy atom. The number of hydrogen-bond donors (Lipinski definition) is 3. The van der Waals surface area contributed by atoms with Crippen LogP contribution in [0.4, 0.5) is 15.9 Å². The molecule has 0 amide bonds. The summed E-state index contributed by atoms with van der Waals surface area (Å²) in [5.41, 5.74) is 2.42. The van der Waals surface area contributed by atoms with E-state index in [-0.39, 0.29) is 5.82 Å². The average molecular weight is 262 g/mol. The van der Waals surface area contributed by atoms with Gasteiger partial charge >= 0.3 is 0 Å². The van der Waals surface area contributed by atoms with Crippen LogP contribution in [-0.2, 0) is 13.1 Å². The highest BCUT2D eigenvalue weighted by molar-refractivity contribution is 7.71. The zero-order chi connectivity index (χ0) is 12.5. The molecular formula is C12H11FN4S. The molecule has 1 aromatic heterocycles. The monoisotopic (exact) mass is 262 g/mol. The van der Waals surface area contributed by atoms with Crippen molar-refractivity contribution >= 4 is 23.7 Å². The van der Waals surface area contributed by atoms with E-state index < -0.39 is 0 Å². The van der Waals surface area contributed by atoms with Crippen LogP contribution >= 0.6 is 12.2 Å². The SMILES string of the molecule is Fc1ccccc1Nc1nc(=S)[nH]c2c1CNC2. The lowest BCUT2D eigenvalue weighted by molar-refractivity contribution is 0.631. The van der Waals surface area contributed by atoms with Gasteiger partial charge in [-0.15, -0.1) is 0 Å². The van der Waals surface area contributed by atoms with Crippen LogP contribution in [0, 0.1) is 10.6 Å². The molecule has 0 spiro atoms. The lowest BCUT2D eigenvalue weighted by Crippen LogP contribution is -2.03. The first-order valence-corrected chi connectivity index (χ1v) is 5.99. The molecule has 4 nitrogen and oxygen atoms in total. The number of aromatic amines is 1. The van der Waals surface area contributed by atoms with Gasteiger partial charge in [-0.25, -0.2) is 9.37 Å². The number of aromatic nitrogens is 2. The maximum absolute atomic E-state index is 13.6. The summed E-state index contributed by atoms with van der Waals surface area (Å²) < 4.78 is 14.0. The van der Waals surface area contributed by atoms with Crippen molar-refractivity contribution in [3.8, 4) is 0 Å². The summed E-state index contributed by atoms with van der Waals surface area (Å²) in [5, 5.41) is 6.21. The van der Waals surface area contributed by atoms with Gasteiger partial charge in [0.1, 0.15) is 11.6 Å². The Morgan fingerprint density at radius 2 is 2.11 bits per heavy atom. The van der Waals surface area contributed by atoms with Gasteiger partial charge in [-0.05, 0) is 24.4 Å². The van der Waals surface area contributed by atoms with E-state index in [1.807, 2.05) is 0 Å². The van der Waals surface area contributed by atoms with Crippen molar-refractivity contribution < 1.29 is 4.39 Å². The molecule has 2 aromatic rings. The van der Waals surface area contributed by atoms with Crippen molar-refractivity contribution in [2.75, 3.05) is 5.32 Å². The van der Waals surface area contributed by atoms with Crippen LogP contribution in [-0.4, -0.2) is 9.97 Å². The third-order valence-electron chi connectivity index (χ3n) is 2.85. The minimum Gasteiger partial charge on any atom is -0.337 e. The molecule has 0 aliphatic carbocycles. The number of halogens is 1. The molecular weight excluding hydrogens is 251 g/mol. The summed E-state index contributed by atoms with van der Waals surface area (Å²) in [7, 11) is 0. The normalized spacial score (nSPS) is 13.4. The standard InChI is InChI=1S/C12H11FN4S/c13-8-3-1-2-4-9(8)15-11-7-5-14-6-10(7)16-12(18)17-11/h1-4,14H,5-6H2,(H2,15,16,17,18). The minimum atomic E-state index is -0.308. The van der Waals surface area contributed by atoms with Crippen molar-refractivity contribution in [3.05, 3.63) is 46.1 Å². The van der Waals surface area contributed by atoms with Crippen molar-refractivity contribution in [1.82, 2.24) is 15.3 Å². The third kappa shape index (κ3) is 2.00. The lowest BCUT2D eigenvalue weighted by atomic mass is 10.2. The summed E-state index contributed by atoms with van der Waals surface area (Å²) in [6.45, 7) is 1.43. The van der Waals surface area contributed by atoms with E-state index in [2.05, 4.69) is 20.6 Å². The molecule has 1 aromatic carbocycles. The van der Waals surface area contributed by atoms with Crippen LogP contribution in [0.3, 0.4) is 0 Å². The van der Waals surface area contributed by atoms with E-state index in [1.54, 1.807) is 18.2 Å². The Labute approximate surface area is 108 Å². The second-order valence-electron chi connectivity index (χ2n) is 4.06.